The second kappa shape index (κ2) is 12.3. The van der Waals surface area contributed by atoms with E-state index < -0.39 is 11.9 Å². The Labute approximate surface area is 139 Å². The molecule has 5 nitrogen and oxygen atoms in total. The SMILES string of the molecule is O=C(O)CCCCCCCC1OC1CCCCCCCC(=O)O. The van der Waals surface area contributed by atoms with Crippen molar-refractivity contribution < 1.29 is 24.5 Å². The molecule has 1 aliphatic rings. The van der Waals surface area contributed by atoms with Crippen molar-refractivity contribution in [2.45, 2.75) is 102 Å². The molecule has 0 amide bonds. The highest BCUT2D eigenvalue weighted by Crippen LogP contribution is 2.31. The molecule has 0 bridgehead atoms. The topological polar surface area (TPSA) is 87.1 Å². The number of rotatable bonds is 16. The zero-order valence-electron chi connectivity index (χ0n) is 14.2. The van der Waals surface area contributed by atoms with Crippen molar-refractivity contribution in [3.8, 4) is 0 Å². The van der Waals surface area contributed by atoms with Gasteiger partial charge in [0, 0.05) is 12.8 Å². The monoisotopic (exact) mass is 328 g/mol. The average molecular weight is 328 g/mol. The first-order valence-corrected chi connectivity index (χ1v) is 9.18. The molecule has 1 saturated heterocycles. The lowest BCUT2D eigenvalue weighted by atomic mass is 10.0. The number of epoxide rings is 1. The fourth-order valence-electron chi connectivity index (χ4n) is 2.99. The molecule has 0 spiro atoms. The van der Waals surface area contributed by atoms with Crippen molar-refractivity contribution in [1.29, 1.82) is 0 Å². The minimum absolute atomic E-state index is 0.296. The largest absolute Gasteiger partial charge is 0.481 e. The fourth-order valence-corrected chi connectivity index (χ4v) is 2.99. The van der Waals surface area contributed by atoms with E-state index in [0.717, 1.165) is 51.4 Å². The highest BCUT2D eigenvalue weighted by atomic mass is 16.6. The predicted molar refractivity (Wildman–Crippen MR) is 88.6 cm³/mol. The molecule has 0 aromatic carbocycles. The first-order chi connectivity index (χ1) is 11.1. The lowest BCUT2D eigenvalue weighted by Crippen LogP contribution is -1.96. The van der Waals surface area contributed by atoms with Gasteiger partial charge in [0.05, 0.1) is 12.2 Å². The van der Waals surface area contributed by atoms with Crippen LogP contribution in [0.3, 0.4) is 0 Å². The minimum atomic E-state index is -0.693. The molecular weight excluding hydrogens is 296 g/mol. The number of aliphatic carboxylic acids is 2. The smallest absolute Gasteiger partial charge is 0.303 e. The van der Waals surface area contributed by atoms with Crippen LogP contribution < -0.4 is 0 Å². The first-order valence-electron chi connectivity index (χ1n) is 9.18. The van der Waals surface area contributed by atoms with Crippen LogP contribution >= 0.6 is 0 Å². The molecule has 1 heterocycles. The van der Waals surface area contributed by atoms with E-state index in [1.54, 1.807) is 0 Å². The van der Waals surface area contributed by atoms with E-state index >= 15 is 0 Å². The zero-order valence-corrected chi connectivity index (χ0v) is 14.2. The molecule has 0 aliphatic carbocycles. The number of ether oxygens (including phenoxy) is 1. The third-order valence-electron chi connectivity index (χ3n) is 4.45. The maximum atomic E-state index is 10.4. The van der Waals surface area contributed by atoms with Gasteiger partial charge in [-0.1, -0.05) is 51.4 Å². The molecule has 1 aliphatic heterocycles. The van der Waals surface area contributed by atoms with Crippen molar-refractivity contribution in [1.82, 2.24) is 0 Å². The summed E-state index contributed by atoms with van der Waals surface area (Å²) in [5.74, 6) is -1.39. The van der Waals surface area contributed by atoms with Crippen LogP contribution in [0.5, 0.6) is 0 Å². The van der Waals surface area contributed by atoms with Gasteiger partial charge in [-0.25, -0.2) is 0 Å². The van der Waals surface area contributed by atoms with Gasteiger partial charge < -0.3 is 14.9 Å². The summed E-state index contributed by atoms with van der Waals surface area (Å²) in [5.41, 5.74) is 0. The Morgan fingerprint density at radius 3 is 1.35 bits per heavy atom. The molecule has 2 N–H and O–H groups in total. The van der Waals surface area contributed by atoms with Gasteiger partial charge >= 0.3 is 11.9 Å². The Morgan fingerprint density at radius 2 is 0.957 bits per heavy atom. The van der Waals surface area contributed by atoms with Gasteiger partial charge in [-0.3, -0.25) is 9.59 Å². The van der Waals surface area contributed by atoms with Crippen LogP contribution in [0.25, 0.3) is 0 Å². The molecule has 2 unspecified atom stereocenters. The first kappa shape index (κ1) is 19.9. The number of unbranched alkanes of at least 4 members (excludes halogenated alkanes) is 8. The summed E-state index contributed by atoms with van der Waals surface area (Å²) < 4.78 is 5.68. The highest BCUT2D eigenvalue weighted by Gasteiger charge is 2.36. The van der Waals surface area contributed by atoms with Crippen LogP contribution in [0.2, 0.25) is 0 Å². The number of carbonyl (C=O) groups is 2. The van der Waals surface area contributed by atoms with Gasteiger partial charge in [-0.15, -0.1) is 0 Å². The summed E-state index contributed by atoms with van der Waals surface area (Å²) in [7, 11) is 0. The maximum Gasteiger partial charge on any atom is 0.303 e. The molecule has 134 valence electrons. The van der Waals surface area contributed by atoms with Crippen molar-refractivity contribution in [2.75, 3.05) is 0 Å². The quantitative estimate of drug-likeness (QED) is 0.324. The van der Waals surface area contributed by atoms with Crippen LogP contribution in [0.4, 0.5) is 0 Å². The fraction of sp³-hybridized carbons (Fsp3) is 0.889. The van der Waals surface area contributed by atoms with E-state index in [-0.39, 0.29) is 0 Å². The number of hydrogen-bond donors (Lipinski definition) is 2. The Kier molecular flexibility index (Phi) is 10.7. The predicted octanol–water partition coefficient (Wildman–Crippen LogP) is 4.38. The van der Waals surface area contributed by atoms with Crippen molar-refractivity contribution in [2.24, 2.45) is 0 Å². The number of carboxylic acid groups (broad SMARTS) is 2. The van der Waals surface area contributed by atoms with Crippen molar-refractivity contribution in [3.63, 3.8) is 0 Å². The molecule has 0 aromatic rings. The Bertz CT molecular complexity index is 310. The molecule has 5 heteroatoms. The average Bonchev–Trinajstić information content (AvgIpc) is 3.23. The number of carboxylic acids is 2. The summed E-state index contributed by atoms with van der Waals surface area (Å²) in [4.78, 5) is 20.7. The lowest BCUT2D eigenvalue weighted by Gasteiger charge is -2.00. The molecule has 0 saturated carbocycles. The summed E-state index contributed by atoms with van der Waals surface area (Å²) >= 11 is 0. The highest BCUT2D eigenvalue weighted by molar-refractivity contribution is 5.66. The summed E-state index contributed by atoms with van der Waals surface area (Å²) in [6, 6.07) is 0. The molecule has 1 rings (SSSR count). The van der Waals surface area contributed by atoms with E-state index in [0.29, 0.717) is 25.0 Å². The summed E-state index contributed by atoms with van der Waals surface area (Å²) in [6.45, 7) is 0. The van der Waals surface area contributed by atoms with Gasteiger partial charge in [0.1, 0.15) is 0 Å². The third-order valence-corrected chi connectivity index (χ3v) is 4.45. The lowest BCUT2D eigenvalue weighted by molar-refractivity contribution is -0.138. The third kappa shape index (κ3) is 12.0. The van der Waals surface area contributed by atoms with E-state index in [4.69, 9.17) is 14.9 Å². The Morgan fingerprint density at radius 1 is 0.609 bits per heavy atom. The van der Waals surface area contributed by atoms with Crippen molar-refractivity contribution >= 4 is 11.9 Å². The maximum absolute atomic E-state index is 10.4. The van der Waals surface area contributed by atoms with Crippen LogP contribution in [0, 0.1) is 0 Å². The van der Waals surface area contributed by atoms with Crippen LogP contribution in [-0.2, 0) is 14.3 Å². The number of hydrogen-bond acceptors (Lipinski definition) is 3. The van der Waals surface area contributed by atoms with Crippen molar-refractivity contribution in [3.05, 3.63) is 0 Å². The van der Waals surface area contributed by atoms with Crippen LogP contribution in [0.15, 0.2) is 0 Å². The van der Waals surface area contributed by atoms with Gasteiger partial charge in [0.25, 0.3) is 0 Å². The molecule has 2 atom stereocenters. The van der Waals surface area contributed by atoms with E-state index in [9.17, 15) is 9.59 Å². The molecule has 0 radical (unpaired) electrons. The summed E-state index contributed by atoms with van der Waals surface area (Å²) in [6.07, 6.45) is 14.4. The van der Waals surface area contributed by atoms with Crippen LogP contribution in [-0.4, -0.2) is 34.4 Å². The van der Waals surface area contributed by atoms with E-state index in [1.807, 2.05) is 0 Å². The second-order valence-corrected chi connectivity index (χ2v) is 6.61. The molecular formula is C18H32O5. The normalized spacial score (nSPS) is 19.7. The standard InChI is InChI=1S/C18H32O5/c19-17(20)13-9-5-1-3-7-11-15-16(23-15)12-8-4-2-6-10-14-18(21)22/h15-16H,1-14H2,(H,19,20)(H,21,22). The van der Waals surface area contributed by atoms with Gasteiger partial charge in [0.15, 0.2) is 0 Å². The zero-order chi connectivity index (χ0) is 16.9. The van der Waals surface area contributed by atoms with Gasteiger partial charge in [0.2, 0.25) is 0 Å². The second-order valence-electron chi connectivity index (χ2n) is 6.61. The molecule has 1 fully saturated rings. The van der Waals surface area contributed by atoms with Crippen LogP contribution in [0.1, 0.15) is 89.9 Å². The van der Waals surface area contributed by atoms with Gasteiger partial charge in [-0.05, 0) is 25.7 Å². The molecule has 23 heavy (non-hydrogen) atoms. The Hall–Kier alpha value is -1.10. The Balaban J connectivity index is 1.77. The molecule has 0 aromatic heterocycles. The summed E-state index contributed by atoms with van der Waals surface area (Å²) in [5, 5.41) is 17.1. The van der Waals surface area contributed by atoms with E-state index in [2.05, 4.69) is 0 Å². The van der Waals surface area contributed by atoms with E-state index in [1.165, 1.54) is 25.7 Å². The van der Waals surface area contributed by atoms with Gasteiger partial charge in [-0.2, -0.15) is 0 Å². The minimum Gasteiger partial charge on any atom is -0.481 e.